The molecule has 2 aromatic carbocycles. The molecule has 0 spiro atoms. The summed E-state index contributed by atoms with van der Waals surface area (Å²) in [5.74, 6) is 0. The lowest BCUT2D eigenvalue weighted by Gasteiger charge is -2.07. The van der Waals surface area contributed by atoms with Crippen LogP contribution in [0.4, 0.5) is 5.69 Å². The van der Waals surface area contributed by atoms with Crippen LogP contribution in [0.1, 0.15) is 5.56 Å². The Kier molecular flexibility index (Phi) is 5.05. The lowest BCUT2D eigenvalue weighted by molar-refractivity contribution is -0.384. The maximum atomic E-state index is 11.0. The third kappa shape index (κ3) is 3.54. The predicted molar refractivity (Wildman–Crippen MR) is 96.6 cm³/mol. The van der Waals surface area contributed by atoms with Crippen LogP contribution in [-0.2, 0) is 11.2 Å². The van der Waals surface area contributed by atoms with Gasteiger partial charge in [0.2, 0.25) is 0 Å². The second-order valence-corrected chi connectivity index (χ2v) is 7.87. The Balaban J connectivity index is 2.03. The van der Waals surface area contributed by atoms with Crippen molar-refractivity contribution < 1.29 is 9.72 Å². The van der Waals surface area contributed by atoms with Gasteiger partial charge in [-0.25, -0.2) is 4.98 Å². The van der Waals surface area contributed by atoms with Gasteiger partial charge in [-0.2, -0.15) is 0 Å². The van der Waals surface area contributed by atoms with E-state index in [1.54, 1.807) is 12.1 Å². The highest BCUT2D eigenvalue weighted by Crippen LogP contribution is 2.41. The van der Waals surface area contributed by atoms with Gasteiger partial charge in [-0.05, 0) is 23.8 Å². The Morgan fingerprint density at radius 2 is 2.08 bits per heavy atom. The van der Waals surface area contributed by atoms with Crippen molar-refractivity contribution in [3.63, 3.8) is 0 Å². The lowest BCUT2D eigenvalue weighted by Crippen LogP contribution is -1.95. The van der Waals surface area contributed by atoms with Gasteiger partial charge in [0.15, 0.2) is 4.34 Å². The number of carbonyl (C=O) groups is 1. The van der Waals surface area contributed by atoms with Gasteiger partial charge in [0, 0.05) is 28.5 Å². The van der Waals surface area contributed by atoms with E-state index in [4.69, 9.17) is 23.2 Å². The van der Waals surface area contributed by atoms with E-state index in [1.165, 1.54) is 35.2 Å². The van der Waals surface area contributed by atoms with E-state index in [0.717, 1.165) is 14.6 Å². The summed E-state index contributed by atoms with van der Waals surface area (Å²) >= 11 is 14.9. The van der Waals surface area contributed by atoms with Crippen LogP contribution in [0.15, 0.2) is 39.6 Å². The van der Waals surface area contributed by atoms with Crippen molar-refractivity contribution >= 4 is 68.5 Å². The van der Waals surface area contributed by atoms with Gasteiger partial charge in [-0.15, -0.1) is 11.3 Å². The molecule has 122 valence electrons. The minimum absolute atomic E-state index is 0.0421. The van der Waals surface area contributed by atoms with Gasteiger partial charge < -0.3 is 4.79 Å². The lowest BCUT2D eigenvalue weighted by atomic mass is 10.1. The van der Waals surface area contributed by atoms with E-state index in [9.17, 15) is 14.9 Å². The quantitative estimate of drug-likeness (QED) is 0.326. The first kappa shape index (κ1) is 17.2. The molecule has 0 amide bonds. The van der Waals surface area contributed by atoms with Crippen LogP contribution in [0.3, 0.4) is 0 Å². The van der Waals surface area contributed by atoms with E-state index < -0.39 is 4.92 Å². The normalized spacial score (nSPS) is 10.9. The van der Waals surface area contributed by atoms with Crippen LogP contribution in [0.5, 0.6) is 0 Å². The van der Waals surface area contributed by atoms with E-state index in [0.29, 0.717) is 21.8 Å². The first-order valence-corrected chi connectivity index (χ1v) is 9.01. The summed E-state index contributed by atoms with van der Waals surface area (Å²) in [6.07, 6.45) is 0.734. The Hall–Kier alpha value is -1.67. The number of hydrogen-bond donors (Lipinski definition) is 0. The van der Waals surface area contributed by atoms with E-state index >= 15 is 0 Å². The van der Waals surface area contributed by atoms with Crippen LogP contribution < -0.4 is 0 Å². The molecule has 0 aliphatic carbocycles. The third-order valence-electron chi connectivity index (χ3n) is 3.14. The fourth-order valence-electron chi connectivity index (χ4n) is 2.11. The molecule has 0 N–H and O–H groups in total. The number of fused-ring (bicyclic) bond motifs is 1. The first-order valence-electron chi connectivity index (χ1n) is 6.62. The largest absolute Gasteiger partial charge is 0.303 e. The van der Waals surface area contributed by atoms with Crippen molar-refractivity contribution in [2.24, 2.45) is 0 Å². The monoisotopic (exact) mass is 398 g/mol. The standard InChI is InChI=1S/C15H8Cl2N2O3S2/c16-9-1-2-13-12(6-9)18-15(23-13)24-14-8(3-4-20)5-10(19(21)22)7-11(14)17/h1-2,4-7H,3H2. The minimum atomic E-state index is -0.533. The van der Waals surface area contributed by atoms with Crippen LogP contribution in [-0.4, -0.2) is 16.2 Å². The highest BCUT2D eigenvalue weighted by Gasteiger charge is 2.18. The maximum Gasteiger partial charge on any atom is 0.271 e. The molecule has 0 unspecified atom stereocenters. The molecule has 0 saturated heterocycles. The smallest absolute Gasteiger partial charge is 0.271 e. The van der Waals surface area contributed by atoms with Crippen LogP contribution in [0.2, 0.25) is 10.0 Å². The molecule has 0 saturated carbocycles. The van der Waals surface area contributed by atoms with Crippen molar-refractivity contribution in [1.82, 2.24) is 4.98 Å². The molecular weight excluding hydrogens is 391 g/mol. The predicted octanol–water partition coefficient (Wildman–Crippen LogP) is 5.40. The van der Waals surface area contributed by atoms with Crippen molar-refractivity contribution in [3.05, 3.63) is 56.1 Å². The Labute approximate surface area is 154 Å². The molecule has 0 aliphatic rings. The summed E-state index contributed by atoms with van der Waals surface area (Å²) in [6, 6.07) is 8.08. The van der Waals surface area contributed by atoms with Gasteiger partial charge in [-0.3, -0.25) is 10.1 Å². The molecule has 0 bridgehead atoms. The van der Waals surface area contributed by atoms with Gasteiger partial charge in [0.25, 0.3) is 5.69 Å². The van der Waals surface area contributed by atoms with Crippen LogP contribution in [0, 0.1) is 10.1 Å². The average Bonchev–Trinajstić information content (AvgIpc) is 2.92. The summed E-state index contributed by atoms with van der Waals surface area (Å²) in [5, 5.41) is 11.8. The van der Waals surface area contributed by atoms with Gasteiger partial charge in [0.05, 0.1) is 20.2 Å². The fourth-order valence-corrected chi connectivity index (χ4v) is 4.73. The second-order valence-electron chi connectivity index (χ2n) is 4.74. The SMILES string of the molecule is O=CCc1cc([N+](=O)[O-])cc(Cl)c1Sc1nc2cc(Cl)ccc2s1. The highest BCUT2D eigenvalue weighted by atomic mass is 35.5. The molecular formula is C15H8Cl2N2O3S2. The summed E-state index contributed by atoms with van der Waals surface area (Å²) < 4.78 is 1.69. The number of benzene rings is 2. The molecule has 1 aromatic heterocycles. The number of aldehydes is 1. The van der Waals surface area contributed by atoms with E-state index in [2.05, 4.69) is 4.98 Å². The highest BCUT2D eigenvalue weighted by molar-refractivity contribution is 8.01. The Morgan fingerprint density at radius 1 is 1.29 bits per heavy atom. The van der Waals surface area contributed by atoms with E-state index in [-0.39, 0.29) is 17.1 Å². The molecule has 0 atom stereocenters. The number of nitro benzene ring substituents is 1. The molecule has 3 rings (SSSR count). The molecule has 0 fully saturated rings. The summed E-state index contributed by atoms with van der Waals surface area (Å²) in [5.41, 5.74) is 1.13. The van der Waals surface area contributed by atoms with Gasteiger partial charge in [-0.1, -0.05) is 35.0 Å². The number of nitrogens with zero attached hydrogens (tertiary/aromatic N) is 2. The van der Waals surface area contributed by atoms with Gasteiger partial charge in [0.1, 0.15) is 6.29 Å². The molecule has 0 radical (unpaired) electrons. The minimum Gasteiger partial charge on any atom is -0.303 e. The van der Waals surface area contributed by atoms with Gasteiger partial charge >= 0.3 is 0 Å². The molecule has 5 nitrogen and oxygen atoms in total. The number of hydrogen-bond acceptors (Lipinski definition) is 6. The van der Waals surface area contributed by atoms with Crippen molar-refractivity contribution in [1.29, 1.82) is 0 Å². The first-order chi connectivity index (χ1) is 11.5. The van der Waals surface area contributed by atoms with Crippen molar-refractivity contribution in [2.45, 2.75) is 15.7 Å². The second kappa shape index (κ2) is 7.06. The molecule has 3 aromatic rings. The zero-order valence-electron chi connectivity index (χ0n) is 11.9. The zero-order chi connectivity index (χ0) is 17.3. The Morgan fingerprint density at radius 3 is 2.79 bits per heavy atom. The number of non-ortho nitro benzene ring substituents is 1. The summed E-state index contributed by atoms with van der Waals surface area (Å²) in [4.78, 5) is 26.4. The van der Waals surface area contributed by atoms with Crippen LogP contribution in [0.25, 0.3) is 10.2 Å². The Bertz CT molecular complexity index is 959. The molecule has 9 heteroatoms. The van der Waals surface area contributed by atoms with Crippen molar-refractivity contribution in [3.8, 4) is 0 Å². The van der Waals surface area contributed by atoms with Crippen LogP contribution >= 0.6 is 46.3 Å². The number of thiazole rings is 1. The fraction of sp³-hybridized carbons (Fsp3) is 0.0667. The number of nitro groups is 1. The zero-order valence-corrected chi connectivity index (χ0v) is 15.0. The summed E-state index contributed by atoms with van der Waals surface area (Å²) in [7, 11) is 0. The number of aromatic nitrogens is 1. The third-order valence-corrected chi connectivity index (χ3v) is 6.07. The number of halogens is 2. The van der Waals surface area contributed by atoms with Crippen molar-refractivity contribution in [2.75, 3.05) is 0 Å². The average molecular weight is 399 g/mol. The maximum absolute atomic E-state index is 11.0. The summed E-state index contributed by atoms with van der Waals surface area (Å²) in [6.45, 7) is 0. The van der Waals surface area contributed by atoms with E-state index in [1.807, 2.05) is 6.07 Å². The number of rotatable bonds is 5. The molecule has 0 aliphatic heterocycles. The molecule has 1 heterocycles. The molecule has 24 heavy (non-hydrogen) atoms. The topological polar surface area (TPSA) is 73.1 Å². The number of carbonyl (C=O) groups excluding carboxylic acids is 1.